The van der Waals surface area contributed by atoms with Gasteiger partial charge in [0, 0.05) is 6.92 Å². The Morgan fingerprint density at radius 3 is 2.54 bits per heavy atom. The standard InChI is InChI=1S/C10H18N2O/c1-9(11)13-8-10-4-2-6-12(10)7-3-5-10/h11H,2-8H2,1H3. The van der Waals surface area contributed by atoms with E-state index in [-0.39, 0.29) is 0 Å². The van der Waals surface area contributed by atoms with Gasteiger partial charge in [-0.15, -0.1) is 0 Å². The summed E-state index contributed by atoms with van der Waals surface area (Å²) in [6.45, 7) is 4.92. The predicted octanol–water partition coefficient (Wildman–Crippen LogP) is 1.63. The van der Waals surface area contributed by atoms with E-state index in [2.05, 4.69) is 4.90 Å². The zero-order chi connectivity index (χ0) is 9.31. The van der Waals surface area contributed by atoms with Gasteiger partial charge in [-0.25, -0.2) is 0 Å². The van der Waals surface area contributed by atoms with Gasteiger partial charge in [0.05, 0.1) is 5.54 Å². The van der Waals surface area contributed by atoms with Crippen molar-refractivity contribution in [2.75, 3.05) is 19.7 Å². The Morgan fingerprint density at radius 1 is 1.38 bits per heavy atom. The summed E-state index contributed by atoms with van der Waals surface area (Å²) in [7, 11) is 0. The minimum absolute atomic E-state index is 0.308. The predicted molar refractivity (Wildman–Crippen MR) is 52.1 cm³/mol. The summed E-state index contributed by atoms with van der Waals surface area (Å²) in [6.07, 6.45) is 5.14. The molecule has 0 aliphatic carbocycles. The fourth-order valence-electron chi connectivity index (χ4n) is 2.70. The van der Waals surface area contributed by atoms with Crippen molar-refractivity contribution in [2.45, 2.75) is 38.1 Å². The van der Waals surface area contributed by atoms with E-state index in [1.54, 1.807) is 6.92 Å². The summed E-state index contributed by atoms with van der Waals surface area (Å²) >= 11 is 0. The normalized spacial score (nSPS) is 25.9. The van der Waals surface area contributed by atoms with Gasteiger partial charge in [0.25, 0.3) is 0 Å². The summed E-state index contributed by atoms with van der Waals surface area (Å²) in [5.74, 6) is 0.355. The maximum absolute atomic E-state index is 7.27. The minimum atomic E-state index is 0.308. The lowest BCUT2D eigenvalue weighted by molar-refractivity contribution is 0.106. The molecule has 3 heteroatoms. The second-order valence-corrected chi connectivity index (χ2v) is 4.26. The van der Waals surface area contributed by atoms with E-state index in [1.807, 2.05) is 0 Å². The molecule has 0 aromatic heterocycles. The number of hydrogen-bond acceptors (Lipinski definition) is 3. The average Bonchev–Trinajstić information content (AvgIpc) is 2.57. The van der Waals surface area contributed by atoms with Crippen LogP contribution < -0.4 is 0 Å². The van der Waals surface area contributed by atoms with Crippen molar-refractivity contribution in [3.05, 3.63) is 0 Å². The van der Waals surface area contributed by atoms with Gasteiger partial charge in [-0.3, -0.25) is 10.3 Å². The van der Waals surface area contributed by atoms with Gasteiger partial charge in [0.2, 0.25) is 0 Å². The lowest BCUT2D eigenvalue weighted by atomic mass is 9.95. The summed E-state index contributed by atoms with van der Waals surface area (Å²) in [4.78, 5) is 2.55. The molecule has 0 unspecified atom stereocenters. The second kappa shape index (κ2) is 3.29. The third-order valence-corrected chi connectivity index (χ3v) is 3.37. The van der Waals surface area contributed by atoms with Crippen molar-refractivity contribution >= 4 is 5.90 Å². The van der Waals surface area contributed by atoms with Crippen molar-refractivity contribution in [1.82, 2.24) is 4.90 Å². The number of fused-ring (bicyclic) bond motifs is 1. The molecule has 0 spiro atoms. The Kier molecular flexibility index (Phi) is 2.28. The summed E-state index contributed by atoms with van der Waals surface area (Å²) in [5.41, 5.74) is 0.308. The number of ether oxygens (including phenoxy) is 1. The van der Waals surface area contributed by atoms with Crippen LogP contribution in [0.25, 0.3) is 0 Å². The van der Waals surface area contributed by atoms with E-state index < -0.39 is 0 Å². The van der Waals surface area contributed by atoms with Gasteiger partial charge in [0.1, 0.15) is 6.61 Å². The molecule has 0 aromatic rings. The molecular formula is C10H18N2O. The second-order valence-electron chi connectivity index (χ2n) is 4.26. The van der Waals surface area contributed by atoms with Crippen LogP contribution in [0.3, 0.4) is 0 Å². The van der Waals surface area contributed by atoms with Gasteiger partial charge in [-0.2, -0.15) is 0 Å². The van der Waals surface area contributed by atoms with Crippen LogP contribution in [0, 0.1) is 5.41 Å². The smallest absolute Gasteiger partial charge is 0.177 e. The van der Waals surface area contributed by atoms with Crippen LogP contribution >= 0.6 is 0 Å². The molecule has 2 aliphatic rings. The van der Waals surface area contributed by atoms with Crippen LogP contribution in [0.1, 0.15) is 32.6 Å². The zero-order valence-electron chi connectivity index (χ0n) is 8.31. The van der Waals surface area contributed by atoms with Crippen LogP contribution in [-0.2, 0) is 4.74 Å². The maximum atomic E-state index is 7.27. The fraction of sp³-hybridized carbons (Fsp3) is 0.900. The Labute approximate surface area is 79.6 Å². The number of nitrogens with one attached hydrogen (secondary N) is 1. The third-order valence-electron chi connectivity index (χ3n) is 3.37. The Bertz CT molecular complexity index is 205. The molecule has 0 aromatic carbocycles. The molecule has 1 N–H and O–H groups in total. The van der Waals surface area contributed by atoms with E-state index in [0.717, 1.165) is 6.61 Å². The van der Waals surface area contributed by atoms with E-state index in [4.69, 9.17) is 10.1 Å². The van der Waals surface area contributed by atoms with Gasteiger partial charge < -0.3 is 4.74 Å². The fourth-order valence-corrected chi connectivity index (χ4v) is 2.70. The van der Waals surface area contributed by atoms with Crippen molar-refractivity contribution in [1.29, 1.82) is 5.41 Å². The van der Waals surface area contributed by atoms with Crippen molar-refractivity contribution in [2.24, 2.45) is 0 Å². The number of nitrogens with zero attached hydrogens (tertiary/aromatic N) is 1. The van der Waals surface area contributed by atoms with Gasteiger partial charge in [-0.05, 0) is 38.8 Å². The number of hydrogen-bond donors (Lipinski definition) is 1. The zero-order valence-corrected chi connectivity index (χ0v) is 8.31. The topological polar surface area (TPSA) is 36.3 Å². The Balaban J connectivity index is 1.97. The summed E-state index contributed by atoms with van der Waals surface area (Å²) in [6, 6.07) is 0. The van der Waals surface area contributed by atoms with E-state index in [0.29, 0.717) is 11.4 Å². The average molecular weight is 182 g/mol. The molecule has 0 atom stereocenters. The molecule has 0 saturated carbocycles. The molecule has 2 saturated heterocycles. The molecule has 2 aliphatic heterocycles. The largest absolute Gasteiger partial charge is 0.479 e. The van der Waals surface area contributed by atoms with E-state index in [1.165, 1.54) is 38.8 Å². The molecule has 0 bridgehead atoms. The van der Waals surface area contributed by atoms with Gasteiger partial charge in [-0.1, -0.05) is 0 Å². The third kappa shape index (κ3) is 1.57. The van der Waals surface area contributed by atoms with Gasteiger partial charge >= 0.3 is 0 Å². The highest BCUT2D eigenvalue weighted by Gasteiger charge is 2.44. The highest BCUT2D eigenvalue weighted by Crippen LogP contribution is 2.38. The van der Waals surface area contributed by atoms with E-state index >= 15 is 0 Å². The van der Waals surface area contributed by atoms with E-state index in [9.17, 15) is 0 Å². The first kappa shape index (κ1) is 9.00. The molecular weight excluding hydrogens is 164 g/mol. The van der Waals surface area contributed by atoms with Crippen LogP contribution in [-0.4, -0.2) is 36.0 Å². The lowest BCUT2D eigenvalue weighted by Crippen LogP contribution is -2.42. The molecule has 0 amide bonds. The molecule has 3 nitrogen and oxygen atoms in total. The first-order valence-electron chi connectivity index (χ1n) is 5.16. The van der Waals surface area contributed by atoms with Crippen LogP contribution in [0.5, 0.6) is 0 Å². The first-order valence-corrected chi connectivity index (χ1v) is 5.16. The lowest BCUT2D eigenvalue weighted by Gasteiger charge is -2.31. The molecule has 2 fully saturated rings. The van der Waals surface area contributed by atoms with Crippen molar-refractivity contribution in [3.63, 3.8) is 0 Å². The molecule has 13 heavy (non-hydrogen) atoms. The SMILES string of the molecule is CC(=N)OCC12CCCN1CCC2. The maximum Gasteiger partial charge on any atom is 0.177 e. The summed E-state index contributed by atoms with van der Waals surface area (Å²) < 4.78 is 5.37. The van der Waals surface area contributed by atoms with Crippen LogP contribution in [0.4, 0.5) is 0 Å². The van der Waals surface area contributed by atoms with Crippen molar-refractivity contribution < 1.29 is 4.74 Å². The van der Waals surface area contributed by atoms with Crippen molar-refractivity contribution in [3.8, 4) is 0 Å². The first-order chi connectivity index (χ1) is 6.23. The summed E-state index contributed by atoms with van der Waals surface area (Å²) in [5, 5.41) is 7.27. The molecule has 2 rings (SSSR count). The number of rotatable bonds is 2. The monoisotopic (exact) mass is 182 g/mol. The molecule has 0 radical (unpaired) electrons. The highest BCUT2D eigenvalue weighted by molar-refractivity contribution is 5.69. The van der Waals surface area contributed by atoms with Crippen LogP contribution in [0.2, 0.25) is 0 Å². The van der Waals surface area contributed by atoms with Gasteiger partial charge in [0.15, 0.2) is 5.90 Å². The minimum Gasteiger partial charge on any atom is -0.479 e. The Hall–Kier alpha value is -0.570. The quantitative estimate of drug-likeness (QED) is 0.520. The molecule has 2 heterocycles. The van der Waals surface area contributed by atoms with Crippen LogP contribution in [0.15, 0.2) is 0 Å². The highest BCUT2D eigenvalue weighted by atomic mass is 16.5. The Morgan fingerprint density at radius 2 is 2.00 bits per heavy atom. The molecule has 74 valence electrons.